The predicted molar refractivity (Wildman–Crippen MR) is 198 cm³/mol. The fourth-order valence-electron chi connectivity index (χ4n) is 9.21. The number of sulfonamides is 1. The molecule has 1 amide bonds. The van der Waals surface area contributed by atoms with E-state index in [4.69, 9.17) is 25.8 Å². The number of fused-ring (bicyclic) bond motifs is 4. The van der Waals surface area contributed by atoms with Crippen molar-refractivity contribution < 1.29 is 37.0 Å². The van der Waals surface area contributed by atoms with E-state index in [2.05, 4.69) is 21.8 Å². The number of Topliss-reactive ketones (excluding diaryl/α,β-unsaturated/α-hetero) is 1. The first kappa shape index (κ1) is 36.9. The minimum atomic E-state index is -4.04. The molecule has 1 saturated carbocycles. The Hall–Kier alpha value is -3.41. The average Bonchev–Trinajstić information content (AvgIpc) is 3.43. The van der Waals surface area contributed by atoms with Crippen molar-refractivity contribution in [2.75, 3.05) is 38.3 Å². The molecule has 2 fully saturated rings. The zero-order valence-corrected chi connectivity index (χ0v) is 31.8. The largest absolute Gasteiger partial charge is 0.490 e. The Labute approximate surface area is 311 Å². The van der Waals surface area contributed by atoms with Crippen LogP contribution in [0.4, 0.5) is 5.69 Å². The van der Waals surface area contributed by atoms with Crippen molar-refractivity contribution in [3.63, 3.8) is 0 Å². The van der Waals surface area contributed by atoms with E-state index in [-0.39, 0.29) is 53.3 Å². The van der Waals surface area contributed by atoms with Crippen LogP contribution in [0.5, 0.6) is 5.75 Å². The first-order valence-electron chi connectivity index (χ1n) is 18.6. The number of halogens is 1. The van der Waals surface area contributed by atoms with E-state index in [1.807, 2.05) is 25.1 Å². The standard InChI is InChI=1S/C40H49ClN2O8S/c1-25-6-4-16-40(49-3,21-32(44)19-29-14-17-50-38(29)46)34-11-8-30(34)22-43-23-39(15-5-7-27-18-31(41)10-12-33(27)39)24-51-36-13-9-28(20-35(36)43)37(45)42-52(47,48)26(25)2/h4,9-10,12-13,16,18,20,25-26,29-30,34H,5-8,11,14-15,17,19,21-24H2,1-3H3,(H,42,45)/b16-4+/t25-,26+,29-,30-,34+,39-,40+/m0/s1. The summed E-state index contributed by atoms with van der Waals surface area (Å²) in [5.41, 5.74) is 2.10. The molecule has 0 aromatic heterocycles. The molecular formula is C40H49ClN2O8S. The molecule has 1 N–H and O–H groups in total. The molecule has 0 unspecified atom stereocenters. The van der Waals surface area contributed by atoms with E-state index in [9.17, 15) is 22.8 Å². The van der Waals surface area contributed by atoms with E-state index in [0.717, 1.165) is 37.8 Å². The molecule has 52 heavy (non-hydrogen) atoms. The van der Waals surface area contributed by atoms with Crippen LogP contribution in [-0.2, 0) is 40.9 Å². The van der Waals surface area contributed by atoms with Gasteiger partial charge in [0, 0.05) is 49.0 Å². The number of hydrogen-bond acceptors (Lipinski definition) is 9. The highest BCUT2D eigenvalue weighted by atomic mass is 35.5. The summed E-state index contributed by atoms with van der Waals surface area (Å²) in [5.74, 6) is -1.10. The first-order valence-corrected chi connectivity index (χ1v) is 20.5. The molecule has 10 nitrogen and oxygen atoms in total. The molecule has 2 aromatic carbocycles. The number of carbonyl (C=O) groups is 3. The Morgan fingerprint density at radius 3 is 2.65 bits per heavy atom. The number of ether oxygens (including phenoxy) is 3. The number of amides is 1. The second-order valence-electron chi connectivity index (χ2n) is 15.8. The number of nitrogens with one attached hydrogen (secondary N) is 1. The van der Waals surface area contributed by atoms with E-state index < -0.39 is 32.7 Å². The topological polar surface area (TPSA) is 128 Å². The highest BCUT2D eigenvalue weighted by Crippen LogP contribution is 2.50. The maximum absolute atomic E-state index is 13.7. The van der Waals surface area contributed by atoms with Crippen molar-refractivity contribution in [2.24, 2.45) is 23.7 Å². The normalized spacial score (nSPS) is 33.4. The molecule has 0 radical (unpaired) electrons. The molecule has 2 bridgehead atoms. The van der Waals surface area contributed by atoms with Crippen LogP contribution in [0.3, 0.4) is 0 Å². The van der Waals surface area contributed by atoms with Gasteiger partial charge in [-0.05, 0) is 111 Å². The van der Waals surface area contributed by atoms with Gasteiger partial charge in [0.1, 0.15) is 11.5 Å². The average molecular weight is 753 g/mol. The number of allylic oxidation sites excluding steroid dienone is 1. The minimum absolute atomic E-state index is 0.0231. The van der Waals surface area contributed by atoms with Crippen LogP contribution in [0.15, 0.2) is 48.6 Å². The molecule has 12 heteroatoms. The quantitative estimate of drug-likeness (QED) is 0.281. The fourth-order valence-corrected chi connectivity index (χ4v) is 10.7. The summed E-state index contributed by atoms with van der Waals surface area (Å²) in [6.45, 7) is 5.45. The molecule has 7 rings (SSSR count). The highest BCUT2D eigenvalue weighted by Gasteiger charge is 2.50. The zero-order chi connectivity index (χ0) is 36.8. The van der Waals surface area contributed by atoms with Crippen LogP contribution in [0.2, 0.25) is 5.02 Å². The number of anilines is 1. The lowest BCUT2D eigenvalue weighted by Crippen LogP contribution is -2.53. The molecule has 3 heterocycles. The van der Waals surface area contributed by atoms with Gasteiger partial charge in [0.25, 0.3) is 5.91 Å². The third-order valence-electron chi connectivity index (χ3n) is 12.6. The van der Waals surface area contributed by atoms with Gasteiger partial charge >= 0.3 is 5.97 Å². The molecule has 5 aliphatic rings. The Bertz CT molecular complexity index is 1880. The maximum Gasteiger partial charge on any atom is 0.309 e. The number of ketones is 1. The Morgan fingerprint density at radius 2 is 1.92 bits per heavy atom. The lowest BCUT2D eigenvalue weighted by Gasteiger charge is -2.50. The Balaban J connectivity index is 1.30. The number of benzene rings is 2. The van der Waals surface area contributed by atoms with Crippen molar-refractivity contribution >= 4 is 45.0 Å². The number of aryl methyl sites for hydroxylation is 1. The summed E-state index contributed by atoms with van der Waals surface area (Å²) in [4.78, 5) is 41.9. The van der Waals surface area contributed by atoms with E-state index in [0.29, 0.717) is 49.9 Å². The number of carbonyl (C=O) groups excluding carboxylic acids is 3. The van der Waals surface area contributed by atoms with Gasteiger partial charge in [-0.3, -0.25) is 14.4 Å². The van der Waals surface area contributed by atoms with Crippen LogP contribution in [0.25, 0.3) is 0 Å². The summed E-state index contributed by atoms with van der Waals surface area (Å²) < 4.78 is 47.5. The second kappa shape index (κ2) is 14.4. The van der Waals surface area contributed by atoms with Gasteiger partial charge in [-0.2, -0.15) is 0 Å². The summed E-state index contributed by atoms with van der Waals surface area (Å²) in [6, 6.07) is 11.3. The van der Waals surface area contributed by atoms with Crippen LogP contribution in [-0.4, -0.2) is 70.3 Å². The van der Waals surface area contributed by atoms with Crippen LogP contribution >= 0.6 is 11.6 Å². The maximum atomic E-state index is 13.7. The SMILES string of the molecule is CO[C@@]1(CC(=O)C[C@@H]2CCOC2=O)/C=C/C[C@H](C)[C@@H](C)S(=O)(=O)NC(=O)c2ccc3c(c2)N(C[C@@H]2CC[C@H]21)C[C@@]1(CCCc2cc(Cl)ccc21)CO3. The lowest BCUT2D eigenvalue weighted by molar-refractivity contribution is -0.144. The van der Waals surface area contributed by atoms with E-state index in [1.54, 1.807) is 32.2 Å². The Morgan fingerprint density at radius 1 is 1.10 bits per heavy atom. The molecule has 2 aliphatic carbocycles. The zero-order valence-electron chi connectivity index (χ0n) is 30.2. The van der Waals surface area contributed by atoms with Crippen molar-refractivity contribution in [1.82, 2.24) is 4.72 Å². The third kappa shape index (κ3) is 7.00. The number of hydrogen-bond donors (Lipinski definition) is 1. The minimum Gasteiger partial charge on any atom is -0.490 e. The van der Waals surface area contributed by atoms with Crippen molar-refractivity contribution in [3.05, 3.63) is 70.3 Å². The molecule has 3 aliphatic heterocycles. The number of esters is 1. The molecule has 280 valence electrons. The molecule has 2 aromatic rings. The van der Waals surface area contributed by atoms with Crippen LogP contribution in [0, 0.1) is 23.7 Å². The van der Waals surface area contributed by atoms with Crippen molar-refractivity contribution in [1.29, 1.82) is 0 Å². The van der Waals surface area contributed by atoms with Gasteiger partial charge in [0.05, 0.1) is 35.7 Å². The van der Waals surface area contributed by atoms with Crippen molar-refractivity contribution in [3.8, 4) is 5.75 Å². The predicted octanol–water partition coefficient (Wildman–Crippen LogP) is 6.18. The molecule has 7 atom stereocenters. The van der Waals surface area contributed by atoms with Gasteiger partial charge in [-0.15, -0.1) is 0 Å². The molecule has 1 saturated heterocycles. The van der Waals surface area contributed by atoms with Crippen LogP contribution < -0.4 is 14.4 Å². The van der Waals surface area contributed by atoms with Gasteiger partial charge in [-0.25, -0.2) is 13.1 Å². The number of rotatable bonds is 5. The van der Waals surface area contributed by atoms with Crippen molar-refractivity contribution in [2.45, 2.75) is 87.9 Å². The van der Waals surface area contributed by atoms with Gasteiger partial charge in [-0.1, -0.05) is 36.7 Å². The summed E-state index contributed by atoms with van der Waals surface area (Å²) >= 11 is 6.46. The first-order chi connectivity index (χ1) is 24.8. The van der Waals surface area contributed by atoms with E-state index in [1.165, 1.54) is 11.1 Å². The Kier molecular flexibility index (Phi) is 10.3. The number of cyclic esters (lactones) is 1. The molecule has 1 spiro atoms. The van der Waals surface area contributed by atoms with Crippen LogP contribution in [0.1, 0.15) is 86.7 Å². The van der Waals surface area contributed by atoms with Gasteiger partial charge < -0.3 is 19.1 Å². The molecular weight excluding hydrogens is 704 g/mol. The fraction of sp³-hybridized carbons (Fsp3) is 0.575. The summed E-state index contributed by atoms with van der Waals surface area (Å²) in [7, 11) is -2.39. The van der Waals surface area contributed by atoms with Gasteiger partial charge in [0.15, 0.2) is 0 Å². The van der Waals surface area contributed by atoms with E-state index >= 15 is 0 Å². The third-order valence-corrected chi connectivity index (χ3v) is 14.8. The lowest BCUT2D eigenvalue weighted by atomic mass is 9.62. The monoisotopic (exact) mass is 752 g/mol. The summed E-state index contributed by atoms with van der Waals surface area (Å²) in [5, 5.41) is -0.175. The highest BCUT2D eigenvalue weighted by molar-refractivity contribution is 7.90. The number of nitrogens with zero attached hydrogens (tertiary/aromatic N) is 1. The van der Waals surface area contributed by atoms with Gasteiger partial charge in [0.2, 0.25) is 10.0 Å². The number of methoxy groups -OCH3 is 1. The summed E-state index contributed by atoms with van der Waals surface area (Å²) in [6.07, 6.45) is 9.61. The smallest absolute Gasteiger partial charge is 0.309 e. The second-order valence-corrected chi connectivity index (χ2v) is 18.2.